The number of alkyl halides is 3. The molecule has 1 unspecified atom stereocenters. The summed E-state index contributed by atoms with van der Waals surface area (Å²) >= 11 is 0. The second kappa shape index (κ2) is 10.6. The molecule has 0 radical (unpaired) electrons. The third-order valence-corrected chi connectivity index (χ3v) is 8.53. The zero-order valence-corrected chi connectivity index (χ0v) is 22.2. The molecule has 7 nitrogen and oxygen atoms in total. The molecule has 1 N–H and O–H groups in total. The number of fused-ring (bicyclic) bond motifs is 2. The van der Waals surface area contributed by atoms with E-state index >= 15 is 0 Å². The fourth-order valence-corrected chi connectivity index (χ4v) is 6.28. The predicted octanol–water partition coefficient (Wildman–Crippen LogP) is 5.62. The van der Waals surface area contributed by atoms with Crippen LogP contribution in [-0.2, 0) is 29.1 Å². The van der Waals surface area contributed by atoms with E-state index in [2.05, 4.69) is 10.3 Å². The minimum Gasteiger partial charge on any atom is -0.481 e. The number of hydrogen-bond donors (Lipinski definition) is 1. The molecule has 2 heterocycles. The highest BCUT2D eigenvalue weighted by Gasteiger charge is 2.43. The molecule has 1 aliphatic heterocycles. The van der Waals surface area contributed by atoms with E-state index in [1.807, 2.05) is 44.2 Å². The number of carboxylic acids is 1. The van der Waals surface area contributed by atoms with E-state index in [0.717, 1.165) is 38.9 Å². The number of halogens is 3. The number of nitrogens with zero attached hydrogens (tertiary/aromatic N) is 4. The number of carboxylic acid groups (broad SMARTS) is 1. The molecule has 5 rings (SSSR count). The van der Waals surface area contributed by atoms with Crippen molar-refractivity contribution in [3.63, 3.8) is 0 Å². The number of aromatic nitrogens is 3. The zero-order chi connectivity index (χ0) is 27.9. The molecule has 1 aromatic heterocycles. The van der Waals surface area contributed by atoms with Gasteiger partial charge in [0.25, 0.3) is 0 Å². The zero-order valence-electron chi connectivity index (χ0n) is 22.2. The van der Waals surface area contributed by atoms with Crippen LogP contribution in [0.5, 0.6) is 0 Å². The summed E-state index contributed by atoms with van der Waals surface area (Å²) in [6, 6.07) is 9.86. The van der Waals surface area contributed by atoms with E-state index in [1.165, 1.54) is 0 Å². The van der Waals surface area contributed by atoms with Gasteiger partial charge in [0.05, 0.1) is 17.9 Å². The summed E-state index contributed by atoms with van der Waals surface area (Å²) in [6.45, 7) is 5.51. The Labute approximate surface area is 225 Å². The van der Waals surface area contributed by atoms with E-state index in [-0.39, 0.29) is 43.9 Å². The normalized spacial score (nSPS) is 20.6. The summed E-state index contributed by atoms with van der Waals surface area (Å²) in [6.07, 6.45) is -3.11. The maximum absolute atomic E-state index is 13.3. The standard InChI is InChI=1S/C29H33F3N4O3/c1-3-36-25-11-10-23(17(2)27(25)33-34-36)24(15-26(37)38)20-5-4-18-12-13-35(16-21(18)14-20)28(39)19-6-8-22(9-7-19)29(30,31)32/h4-5,10-11,14,19,22,24H,3,6-9,12-13,15-16H2,1-2H3,(H,37,38)/t19-,22-,24?. The second-order valence-electron chi connectivity index (χ2n) is 10.8. The summed E-state index contributed by atoms with van der Waals surface area (Å²) in [5, 5.41) is 18.3. The average Bonchev–Trinajstić information content (AvgIpc) is 3.35. The smallest absolute Gasteiger partial charge is 0.391 e. The first-order valence-electron chi connectivity index (χ1n) is 13.6. The monoisotopic (exact) mass is 542 g/mol. The Morgan fingerprint density at radius 3 is 2.51 bits per heavy atom. The Morgan fingerprint density at radius 1 is 1.10 bits per heavy atom. The molecule has 1 amide bonds. The van der Waals surface area contributed by atoms with Crippen molar-refractivity contribution in [2.75, 3.05) is 6.54 Å². The van der Waals surface area contributed by atoms with Gasteiger partial charge in [0.15, 0.2) is 0 Å². The first kappa shape index (κ1) is 27.1. The molecule has 2 aliphatic rings. The topological polar surface area (TPSA) is 88.3 Å². The number of hydrogen-bond acceptors (Lipinski definition) is 4. The number of rotatable bonds is 6. The quantitative estimate of drug-likeness (QED) is 0.437. The molecule has 2 aromatic carbocycles. The maximum atomic E-state index is 13.3. The highest BCUT2D eigenvalue weighted by Crippen LogP contribution is 2.41. The highest BCUT2D eigenvalue weighted by molar-refractivity contribution is 5.81. The van der Waals surface area contributed by atoms with Crippen LogP contribution in [0, 0.1) is 18.8 Å². The molecule has 0 bridgehead atoms. The average molecular weight is 543 g/mol. The third-order valence-electron chi connectivity index (χ3n) is 8.53. The van der Waals surface area contributed by atoms with Gasteiger partial charge in [-0.05, 0) is 79.8 Å². The third kappa shape index (κ3) is 5.38. The van der Waals surface area contributed by atoms with Crippen LogP contribution in [0.25, 0.3) is 11.0 Å². The molecule has 1 fully saturated rings. The first-order valence-corrected chi connectivity index (χ1v) is 13.6. The Hall–Kier alpha value is -3.43. The lowest BCUT2D eigenvalue weighted by atomic mass is 9.80. The number of aliphatic carboxylic acids is 1. The number of aryl methyl sites for hydroxylation is 2. The van der Waals surface area contributed by atoms with Gasteiger partial charge in [-0.3, -0.25) is 9.59 Å². The van der Waals surface area contributed by atoms with Crippen LogP contribution < -0.4 is 0 Å². The molecule has 3 aromatic rings. The number of benzene rings is 2. The van der Waals surface area contributed by atoms with Crippen LogP contribution in [0.15, 0.2) is 30.3 Å². The van der Waals surface area contributed by atoms with Gasteiger partial charge in [-0.25, -0.2) is 4.68 Å². The van der Waals surface area contributed by atoms with Gasteiger partial charge in [-0.2, -0.15) is 13.2 Å². The maximum Gasteiger partial charge on any atom is 0.391 e. The molecule has 39 heavy (non-hydrogen) atoms. The summed E-state index contributed by atoms with van der Waals surface area (Å²) in [5.74, 6) is -3.09. The lowest BCUT2D eigenvalue weighted by molar-refractivity contribution is -0.185. The molecule has 0 saturated heterocycles. The van der Waals surface area contributed by atoms with Crippen molar-refractivity contribution in [3.8, 4) is 0 Å². The van der Waals surface area contributed by atoms with Gasteiger partial charge in [0.1, 0.15) is 5.52 Å². The lowest BCUT2D eigenvalue weighted by Gasteiger charge is -2.35. The van der Waals surface area contributed by atoms with Crippen molar-refractivity contribution >= 4 is 22.9 Å². The van der Waals surface area contributed by atoms with Crippen LogP contribution >= 0.6 is 0 Å². The van der Waals surface area contributed by atoms with Crippen molar-refractivity contribution in [1.82, 2.24) is 19.9 Å². The summed E-state index contributed by atoms with van der Waals surface area (Å²) in [7, 11) is 0. The minimum atomic E-state index is -4.20. The summed E-state index contributed by atoms with van der Waals surface area (Å²) < 4.78 is 41.0. The van der Waals surface area contributed by atoms with Crippen molar-refractivity contribution < 1.29 is 27.9 Å². The fourth-order valence-electron chi connectivity index (χ4n) is 6.28. The van der Waals surface area contributed by atoms with E-state index < -0.39 is 24.0 Å². The van der Waals surface area contributed by atoms with E-state index in [4.69, 9.17) is 0 Å². The largest absolute Gasteiger partial charge is 0.481 e. The van der Waals surface area contributed by atoms with Crippen LogP contribution in [0.4, 0.5) is 13.2 Å². The van der Waals surface area contributed by atoms with Gasteiger partial charge < -0.3 is 10.0 Å². The molecule has 10 heteroatoms. The van der Waals surface area contributed by atoms with Gasteiger partial charge in [0, 0.05) is 31.5 Å². The molecule has 1 atom stereocenters. The van der Waals surface area contributed by atoms with E-state index in [9.17, 15) is 27.9 Å². The molecule has 1 saturated carbocycles. The molecule has 1 aliphatic carbocycles. The van der Waals surface area contributed by atoms with Crippen LogP contribution in [-0.4, -0.2) is 49.6 Å². The fraction of sp³-hybridized carbons (Fsp3) is 0.517. The second-order valence-corrected chi connectivity index (χ2v) is 10.8. The van der Waals surface area contributed by atoms with Crippen LogP contribution in [0.3, 0.4) is 0 Å². The van der Waals surface area contributed by atoms with Crippen LogP contribution in [0.1, 0.15) is 72.8 Å². The predicted molar refractivity (Wildman–Crippen MR) is 139 cm³/mol. The minimum absolute atomic E-state index is 0.00105. The van der Waals surface area contributed by atoms with Crippen molar-refractivity contribution in [3.05, 3.63) is 58.1 Å². The molecule has 208 valence electrons. The number of carbonyl (C=O) groups is 2. The molecule has 0 spiro atoms. The summed E-state index contributed by atoms with van der Waals surface area (Å²) in [4.78, 5) is 26.9. The number of carbonyl (C=O) groups excluding carboxylic acids is 1. The van der Waals surface area contributed by atoms with Crippen LogP contribution in [0.2, 0.25) is 0 Å². The van der Waals surface area contributed by atoms with Crippen molar-refractivity contribution in [2.24, 2.45) is 11.8 Å². The van der Waals surface area contributed by atoms with E-state index in [1.54, 1.807) is 9.58 Å². The first-order chi connectivity index (χ1) is 18.6. The van der Waals surface area contributed by atoms with Gasteiger partial charge in [0.2, 0.25) is 5.91 Å². The Morgan fingerprint density at radius 2 is 1.85 bits per heavy atom. The highest BCUT2D eigenvalue weighted by atomic mass is 19.4. The van der Waals surface area contributed by atoms with Gasteiger partial charge in [-0.15, -0.1) is 5.10 Å². The van der Waals surface area contributed by atoms with Gasteiger partial charge >= 0.3 is 12.1 Å². The van der Waals surface area contributed by atoms with Crippen molar-refractivity contribution in [1.29, 1.82) is 0 Å². The number of amides is 1. The summed E-state index contributed by atoms with van der Waals surface area (Å²) in [5.41, 5.74) is 6.33. The van der Waals surface area contributed by atoms with E-state index in [0.29, 0.717) is 26.1 Å². The lowest BCUT2D eigenvalue weighted by Crippen LogP contribution is -2.41. The molecular formula is C29H33F3N4O3. The Balaban J connectivity index is 1.39. The van der Waals surface area contributed by atoms with Gasteiger partial charge in [-0.1, -0.05) is 29.5 Å². The Kier molecular flexibility index (Phi) is 7.39. The van der Waals surface area contributed by atoms with Crippen molar-refractivity contribution in [2.45, 2.75) is 77.6 Å². The molecular weight excluding hydrogens is 509 g/mol. The Bertz CT molecular complexity index is 1390. The SMILES string of the molecule is CCn1nnc2c(C)c(C(CC(=O)O)c3ccc4c(c3)CN(C(=O)[C@H]3CC[C@H](C(F)(F)F)CC3)CC4)ccc21.